The van der Waals surface area contributed by atoms with Gasteiger partial charge < -0.3 is 19.9 Å². The minimum Gasteiger partial charge on any atom is -0.450 e. The van der Waals surface area contributed by atoms with Crippen LogP contribution in [0, 0.1) is 0 Å². The van der Waals surface area contributed by atoms with Crippen molar-refractivity contribution in [3.8, 4) is 0 Å². The highest BCUT2D eigenvalue weighted by atomic mass is 32.2. The monoisotopic (exact) mass is 473 g/mol. The van der Waals surface area contributed by atoms with Gasteiger partial charge in [-0.1, -0.05) is 38.1 Å². The molecule has 1 heterocycles. The molecule has 0 spiro atoms. The lowest BCUT2D eigenvalue weighted by atomic mass is 10.0. The minimum absolute atomic E-state index is 0.0439. The third-order valence-corrected chi connectivity index (χ3v) is 7.41. The van der Waals surface area contributed by atoms with E-state index in [1.807, 2.05) is 19.9 Å². The van der Waals surface area contributed by atoms with Gasteiger partial charge in [0.05, 0.1) is 28.6 Å². The fraction of sp³-hybridized carbons (Fsp3) is 0.417. The Morgan fingerprint density at radius 1 is 1.00 bits per heavy atom. The molecule has 0 bridgehead atoms. The van der Waals surface area contributed by atoms with Crippen molar-refractivity contribution in [1.29, 1.82) is 0 Å². The van der Waals surface area contributed by atoms with Crippen molar-refractivity contribution in [3.63, 3.8) is 0 Å². The van der Waals surface area contributed by atoms with Crippen molar-refractivity contribution in [3.05, 3.63) is 54.1 Å². The van der Waals surface area contributed by atoms with Gasteiger partial charge in [-0.3, -0.25) is 4.79 Å². The summed E-state index contributed by atoms with van der Waals surface area (Å²) >= 11 is 0. The number of ether oxygens (including phenoxy) is 1. The van der Waals surface area contributed by atoms with Crippen LogP contribution < -0.4 is 5.32 Å². The average Bonchev–Trinajstić information content (AvgIpc) is 2.83. The number of carbonyl (C=O) groups is 2. The Balaban J connectivity index is 1.74. The molecule has 2 aromatic carbocycles. The Hall–Kier alpha value is -3.07. The second-order valence-electron chi connectivity index (χ2n) is 8.15. The van der Waals surface area contributed by atoms with E-state index in [9.17, 15) is 18.0 Å². The summed E-state index contributed by atoms with van der Waals surface area (Å²) in [5.74, 6) is -0.00407. The first-order valence-electron chi connectivity index (χ1n) is 11.1. The third kappa shape index (κ3) is 5.84. The molecular weight excluding hydrogens is 442 g/mol. The number of nitrogens with one attached hydrogen (secondary N) is 1. The molecule has 0 radical (unpaired) electrons. The van der Waals surface area contributed by atoms with Gasteiger partial charge in [0.15, 0.2) is 0 Å². The number of carbonyl (C=O) groups excluding carboxylic acids is 2. The predicted octanol–water partition coefficient (Wildman–Crippen LogP) is 3.36. The summed E-state index contributed by atoms with van der Waals surface area (Å²) in [6.45, 7) is 7.64. The quantitative estimate of drug-likeness (QED) is 0.663. The summed E-state index contributed by atoms with van der Waals surface area (Å²) in [5.41, 5.74) is 1.29. The molecule has 1 fully saturated rings. The molecule has 0 aromatic heterocycles. The van der Waals surface area contributed by atoms with Crippen molar-refractivity contribution in [1.82, 2.24) is 9.80 Å². The molecule has 0 atom stereocenters. The average molecular weight is 474 g/mol. The topological polar surface area (TPSA) is 96.0 Å². The number of nitrogens with zero attached hydrogens (tertiary/aromatic N) is 2. The Labute approximate surface area is 195 Å². The maximum Gasteiger partial charge on any atom is 0.409 e. The Kier molecular flexibility index (Phi) is 7.97. The third-order valence-electron chi connectivity index (χ3n) is 5.60. The lowest BCUT2D eigenvalue weighted by molar-refractivity contribution is -0.130. The first-order chi connectivity index (χ1) is 15.7. The molecule has 8 nitrogen and oxygen atoms in total. The van der Waals surface area contributed by atoms with E-state index in [1.165, 1.54) is 0 Å². The lowest BCUT2D eigenvalue weighted by Crippen LogP contribution is -2.51. The molecule has 9 heteroatoms. The Morgan fingerprint density at radius 2 is 1.64 bits per heavy atom. The summed E-state index contributed by atoms with van der Waals surface area (Å²) in [6.07, 6.45) is -0.372. The van der Waals surface area contributed by atoms with E-state index in [0.29, 0.717) is 38.5 Å². The van der Waals surface area contributed by atoms with Crippen molar-refractivity contribution < 1.29 is 22.7 Å². The minimum atomic E-state index is -3.77. The van der Waals surface area contributed by atoms with E-state index >= 15 is 0 Å². The zero-order chi connectivity index (χ0) is 24.0. The van der Waals surface area contributed by atoms with Crippen molar-refractivity contribution in [2.45, 2.75) is 36.5 Å². The van der Waals surface area contributed by atoms with Crippen LogP contribution >= 0.6 is 0 Å². The van der Waals surface area contributed by atoms with Crippen molar-refractivity contribution in [2.24, 2.45) is 0 Å². The van der Waals surface area contributed by atoms with Crippen LogP contribution in [-0.4, -0.2) is 69.5 Å². The van der Waals surface area contributed by atoms with Crippen LogP contribution in [0.25, 0.3) is 0 Å². The first kappa shape index (κ1) is 24.6. The number of hydrogen-bond donors (Lipinski definition) is 1. The Morgan fingerprint density at radius 3 is 2.24 bits per heavy atom. The fourth-order valence-electron chi connectivity index (χ4n) is 3.63. The smallest absolute Gasteiger partial charge is 0.409 e. The highest BCUT2D eigenvalue weighted by Crippen LogP contribution is 2.31. The summed E-state index contributed by atoms with van der Waals surface area (Å²) < 4.78 is 31.7. The van der Waals surface area contributed by atoms with Gasteiger partial charge in [0.25, 0.3) is 0 Å². The van der Waals surface area contributed by atoms with Gasteiger partial charge in [0, 0.05) is 26.2 Å². The van der Waals surface area contributed by atoms with Crippen molar-refractivity contribution in [2.75, 3.05) is 44.6 Å². The van der Waals surface area contributed by atoms with Gasteiger partial charge in [-0.2, -0.15) is 0 Å². The van der Waals surface area contributed by atoms with E-state index in [4.69, 9.17) is 4.74 Å². The molecule has 0 saturated carbocycles. The van der Waals surface area contributed by atoms with Crippen LogP contribution in [0.4, 0.5) is 10.5 Å². The van der Waals surface area contributed by atoms with Crippen LogP contribution in [0.3, 0.4) is 0 Å². The van der Waals surface area contributed by atoms with Crippen LogP contribution in [0.15, 0.2) is 58.3 Å². The number of sulfone groups is 1. The largest absolute Gasteiger partial charge is 0.450 e. The molecule has 1 N–H and O–H groups in total. The highest BCUT2D eigenvalue weighted by Gasteiger charge is 2.26. The molecule has 1 aliphatic rings. The second kappa shape index (κ2) is 10.7. The Bertz CT molecular complexity index is 1080. The maximum atomic E-state index is 13.3. The van der Waals surface area contributed by atoms with E-state index in [0.717, 1.165) is 5.56 Å². The van der Waals surface area contributed by atoms with Gasteiger partial charge in [-0.05, 0) is 42.7 Å². The molecule has 178 valence electrons. The SMILES string of the molecule is CCOC(=O)N1CCN(C(=O)CNc2ccc(C(C)C)cc2S(=O)(=O)c2ccccc2)CC1. The molecule has 1 saturated heterocycles. The zero-order valence-electron chi connectivity index (χ0n) is 19.3. The van der Waals surface area contributed by atoms with Gasteiger partial charge in [0.1, 0.15) is 0 Å². The van der Waals surface area contributed by atoms with Crippen molar-refractivity contribution >= 4 is 27.5 Å². The van der Waals surface area contributed by atoms with Crippen LogP contribution in [-0.2, 0) is 19.4 Å². The highest BCUT2D eigenvalue weighted by molar-refractivity contribution is 7.91. The van der Waals surface area contributed by atoms with E-state index in [2.05, 4.69) is 5.32 Å². The van der Waals surface area contributed by atoms with E-state index < -0.39 is 9.84 Å². The summed E-state index contributed by atoms with van der Waals surface area (Å²) in [6, 6.07) is 13.5. The van der Waals surface area contributed by atoms with E-state index in [1.54, 1.807) is 59.2 Å². The number of rotatable bonds is 7. The normalized spacial score (nSPS) is 14.3. The molecule has 2 amide bonds. The standard InChI is InChI=1S/C24H31N3O5S/c1-4-32-24(29)27-14-12-26(13-15-27)23(28)17-25-21-11-10-19(18(2)3)16-22(21)33(30,31)20-8-6-5-7-9-20/h5-11,16,18,25H,4,12-15,17H2,1-3H3. The molecule has 2 aromatic rings. The van der Waals surface area contributed by atoms with Gasteiger partial charge >= 0.3 is 6.09 Å². The lowest BCUT2D eigenvalue weighted by Gasteiger charge is -2.34. The maximum absolute atomic E-state index is 13.3. The van der Waals surface area contributed by atoms with Crippen LogP contribution in [0.5, 0.6) is 0 Å². The molecular formula is C24H31N3O5S. The summed E-state index contributed by atoms with van der Waals surface area (Å²) in [7, 11) is -3.77. The summed E-state index contributed by atoms with van der Waals surface area (Å²) in [4.78, 5) is 28.2. The zero-order valence-corrected chi connectivity index (χ0v) is 20.1. The second-order valence-corrected chi connectivity index (χ2v) is 10.1. The number of benzene rings is 2. The van der Waals surface area contributed by atoms with Gasteiger partial charge in [-0.25, -0.2) is 13.2 Å². The number of piperazine rings is 1. The first-order valence-corrected chi connectivity index (χ1v) is 12.6. The molecule has 3 rings (SSSR count). The summed E-state index contributed by atoms with van der Waals surface area (Å²) in [5, 5.41) is 3.03. The molecule has 33 heavy (non-hydrogen) atoms. The molecule has 0 unspecified atom stereocenters. The number of hydrogen-bond acceptors (Lipinski definition) is 6. The fourth-order valence-corrected chi connectivity index (χ4v) is 5.12. The molecule has 0 aliphatic carbocycles. The van der Waals surface area contributed by atoms with Crippen LogP contribution in [0.2, 0.25) is 0 Å². The predicted molar refractivity (Wildman–Crippen MR) is 126 cm³/mol. The van der Waals surface area contributed by atoms with Crippen LogP contribution in [0.1, 0.15) is 32.3 Å². The molecule has 1 aliphatic heterocycles. The van der Waals surface area contributed by atoms with Gasteiger partial charge in [-0.15, -0.1) is 0 Å². The van der Waals surface area contributed by atoms with Gasteiger partial charge in [0.2, 0.25) is 15.7 Å². The van der Waals surface area contributed by atoms with E-state index in [-0.39, 0.29) is 34.3 Å². The number of amides is 2. The number of anilines is 1.